The van der Waals surface area contributed by atoms with Crippen LogP contribution in [0, 0.1) is 11.8 Å². The van der Waals surface area contributed by atoms with Gasteiger partial charge >= 0.3 is 11.9 Å². The molecule has 2 saturated heterocycles. The summed E-state index contributed by atoms with van der Waals surface area (Å²) < 4.78 is 10.6. The zero-order valence-corrected chi connectivity index (χ0v) is 14.9. The number of carbonyl (C=O) groups excluding carboxylic acids is 3. The number of hydrogen-bond acceptors (Lipinski definition) is 6. The van der Waals surface area contributed by atoms with Crippen LogP contribution >= 0.6 is 11.6 Å². The van der Waals surface area contributed by atoms with Gasteiger partial charge < -0.3 is 9.47 Å². The van der Waals surface area contributed by atoms with Crippen LogP contribution < -0.4 is 5.32 Å². The Hall–Kier alpha value is -2.18. The highest BCUT2D eigenvalue weighted by Gasteiger charge is 2.62. The topological polar surface area (TPSA) is 81.7 Å². The first-order valence-corrected chi connectivity index (χ1v) is 8.87. The minimum atomic E-state index is -0.956. The van der Waals surface area contributed by atoms with E-state index >= 15 is 0 Å². The van der Waals surface area contributed by atoms with Gasteiger partial charge in [-0.2, -0.15) is 0 Å². The molecule has 4 rings (SSSR count). The number of ketones is 1. The summed E-state index contributed by atoms with van der Waals surface area (Å²) in [5.41, 5.74) is -0.109. The van der Waals surface area contributed by atoms with Crippen LogP contribution in [-0.2, 0) is 23.9 Å². The largest absolute Gasteiger partial charge is 0.468 e. The van der Waals surface area contributed by atoms with Gasteiger partial charge in [0, 0.05) is 29.8 Å². The molecule has 1 aromatic rings. The fraction of sp³-hybridized carbons (Fsp3) is 0.421. The lowest BCUT2D eigenvalue weighted by molar-refractivity contribution is -0.157. The lowest BCUT2D eigenvalue weighted by atomic mass is 9.67. The Morgan fingerprint density at radius 3 is 2.65 bits per heavy atom. The molecule has 1 aromatic carbocycles. The number of fused-ring (bicyclic) bond motifs is 2. The first-order chi connectivity index (χ1) is 12.4. The van der Waals surface area contributed by atoms with Crippen molar-refractivity contribution < 1.29 is 23.9 Å². The number of nitrogens with one attached hydrogen (secondary N) is 1. The predicted molar refractivity (Wildman–Crippen MR) is 92.3 cm³/mol. The molecule has 136 valence electrons. The Morgan fingerprint density at radius 1 is 1.31 bits per heavy atom. The molecule has 7 heteroatoms. The highest BCUT2D eigenvalue weighted by Crippen LogP contribution is 2.51. The van der Waals surface area contributed by atoms with Gasteiger partial charge in [0.25, 0.3) is 0 Å². The number of allylic oxidation sites excluding steroid dienone is 1. The summed E-state index contributed by atoms with van der Waals surface area (Å²) in [7, 11) is 1.31. The summed E-state index contributed by atoms with van der Waals surface area (Å²) in [6.45, 7) is 0. The van der Waals surface area contributed by atoms with Crippen molar-refractivity contribution >= 4 is 29.3 Å². The first kappa shape index (κ1) is 17.2. The van der Waals surface area contributed by atoms with Crippen molar-refractivity contribution in [3.8, 4) is 0 Å². The van der Waals surface area contributed by atoms with Gasteiger partial charge in [0.1, 0.15) is 11.6 Å². The highest BCUT2D eigenvalue weighted by molar-refractivity contribution is 6.30. The zero-order chi connectivity index (χ0) is 18.5. The molecule has 2 aliphatic heterocycles. The van der Waals surface area contributed by atoms with Crippen LogP contribution in [0.25, 0.3) is 0 Å². The molecule has 5 atom stereocenters. The lowest BCUT2D eigenvalue weighted by Gasteiger charge is -2.39. The number of esters is 2. The van der Waals surface area contributed by atoms with Gasteiger partial charge in [-0.15, -0.1) is 0 Å². The third kappa shape index (κ3) is 2.56. The quantitative estimate of drug-likeness (QED) is 0.796. The Morgan fingerprint density at radius 2 is 2.04 bits per heavy atom. The van der Waals surface area contributed by atoms with Gasteiger partial charge in [0.15, 0.2) is 5.78 Å². The van der Waals surface area contributed by atoms with Crippen molar-refractivity contribution in [1.82, 2.24) is 5.32 Å². The number of carbonyl (C=O) groups is 3. The Labute approximate surface area is 155 Å². The van der Waals surface area contributed by atoms with E-state index in [0.717, 1.165) is 5.56 Å². The molecule has 1 aliphatic carbocycles. The van der Waals surface area contributed by atoms with Crippen LogP contribution in [0.5, 0.6) is 0 Å². The van der Waals surface area contributed by atoms with Gasteiger partial charge in [-0.05, 0) is 29.8 Å². The van der Waals surface area contributed by atoms with E-state index in [0.29, 0.717) is 11.4 Å². The number of ether oxygens (including phenoxy) is 2. The average molecular weight is 376 g/mol. The van der Waals surface area contributed by atoms with Gasteiger partial charge in [-0.3, -0.25) is 19.7 Å². The molecular formula is C19H18ClNO5. The van der Waals surface area contributed by atoms with E-state index in [2.05, 4.69) is 5.32 Å². The van der Waals surface area contributed by atoms with E-state index < -0.39 is 35.5 Å². The van der Waals surface area contributed by atoms with Gasteiger partial charge in [0.2, 0.25) is 0 Å². The van der Waals surface area contributed by atoms with Gasteiger partial charge in [-0.1, -0.05) is 23.7 Å². The zero-order valence-electron chi connectivity index (χ0n) is 14.1. The van der Waals surface area contributed by atoms with E-state index in [1.165, 1.54) is 13.2 Å². The van der Waals surface area contributed by atoms with Crippen LogP contribution in [0.4, 0.5) is 0 Å². The number of rotatable bonds is 2. The second kappa shape index (κ2) is 6.21. The smallest absolute Gasteiger partial charge is 0.323 e. The molecule has 0 bridgehead atoms. The maximum absolute atomic E-state index is 12.8. The highest BCUT2D eigenvalue weighted by atomic mass is 35.5. The van der Waals surface area contributed by atoms with Gasteiger partial charge in [0.05, 0.1) is 13.0 Å². The summed E-state index contributed by atoms with van der Waals surface area (Å²) >= 11 is 5.97. The molecule has 0 amide bonds. The van der Waals surface area contributed by atoms with Crippen LogP contribution in [0.3, 0.4) is 0 Å². The van der Waals surface area contributed by atoms with E-state index in [4.69, 9.17) is 21.1 Å². The Kier molecular flexibility index (Phi) is 4.12. The molecule has 2 fully saturated rings. The van der Waals surface area contributed by atoms with Crippen LogP contribution in [0.2, 0.25) is 5.02 Å². The molecule has 0 aromatic heterocycles. The van der Waals surface area contributed by atoms with E-state index in [1.54, 1.807) is 18.2 Å². The summed E-state index contributed by atoms with van der Waals surface area (Å²) in [4.78, 5) is 37.0. The van der Waals surface area contributed by atoms with Crippen molar-refractivity contribution in [3.63, 3.8) is 0 Å². The second-order valence-electron chi connectivity index (χ2n) is 6.91. The van der Waals surface area contributed by atoms with E-state index in [9.17, 15) is 14.4 Å². The minimum absolute atomic E-state index is 0.0950. The molecule has 0 saturated carbocycles. The Balaban J connectivity index is 1.80. The minimum Gasteiger partial charge on any atom is -0.468 e. The maximum atomic E-state index is 12.8. The lowest BCUT2D eigenvalue weighted by Crippen LogP contribution is -2.51. The number of hydrogen-bond donors (Lipinski definition) is 1. The standard InChI is InChI=1S/C19H18ClNO5/c1-25-18(24)17-15-14(16(21-17)10-2-4-11(20)5-3-10)12(22)6-8-19(15)9-7-13(23)26-19/h2-6,8,14-17,21H,7,9H2,1H3/t14-,15+,16-,17-,19-/m1/s1. The molecule has 26 heavy (non-hydrogen) atoms. The summed E-state index contributed by atoms with van der Waals surface area (Å²) in [5, 5.41) is 3.83. The van der Waals surface area contributed by atoms with Crippen molar-refractivity contribution in [1.29, 1.82) is 0 Å². The van der Waals surface area contributed by atoms with Crippen molar-refractivity contribution in [2.75, 3.05) is 7.11 Å². The van der Waals surface area contributed by atoms with Crippen LogP contribution in [-0.4, -0.2) is 36.5 Å². The second-order valence-corrected chi connectivity index (χ2v) is 7.35. The number of benzene rings is 1. The van der Waals surface area contributed by atoms with Crippen LogP contribution in [0.15, 0.2) is 36.4 Å². The van der Waals surface area contributed by atoms with Crippen molar-refractivity contribution in [3.05, 3.63) is 47.0 Å². The monoisotopic (exact) mass is 375 g/mol. The summed E-state index contributed by atoms with van der Waals surface area (Å²) in [5.74, 6) is -1.93. The first-order valence-electron chi connectivity index (χ1n) is 8.49. The van der Waals surface area contributed by atoms with Crippen LogP contribution in [0.1, 0.15) is 24.4 Å². The fourth-order valence-corrected chi connectivity index (χ4v) is 4.59. The van der Waals surface area contributed by atoms with Crippen molar-refractivity contribution in [2.45, 2.75) is 30.5 Å². The third-order valence-corrected chi connectivity index (χ3v) is 5.85. The van der Waals surface area contributed by atoms with Crippen molar-refractivity contribution in [2.24, 2.45) is 11.8 Å². The molecule has 1 spiro atoms. The molecular weight excluding hydrogens is 358 g/mol. The van der Waals surface area contributed by atoms with E-state index in [-0.39, 0.29) is 18.2 Å². The fourth-order valence-electron chi connectivity index (χ4n) is 4.47. The number of methoxy groups -OCH3 is 1. The molecule has 0 unspecified atom stereocenters. The molecule has 6 nitrogen and oxygen atoms in total. The Bertz CT molecular complexity index is 805. The normalized spacial score (nSPS) is 35.5. The average Bonchev–Trinajstić information content (AvgIpc) is 3.21. The SMILES string of the molecule is COC(=O)[C@@H]1N[C@H](c2ccc(Cl)cc2)[C@@H]2C(=O)C=C[C@@]3(CCC(=O)O3)[C@@H]21. The maximum Gasteiger partial charge on any atom is 0.323 e. The number of halogens is 1. The molecule has 1 N–H and O–H groups in total. The van der Waals surface area contributed by atoms with E-state index in [1.807, 2.05) is 12.1 Å². The third-order valence-electron chi connectivity index (χ3n) is 5.59. The van der Waals surface area contributed by atoms with Gasteiger partial charge in [-0.25, -0.2) is 0 Å². The molecule has 0 radical (unpaired) electrons. The summed E-state index contributed by atoms with van der Waals surface area (Å²) in [6.07, 6.45) is 3.83. The molecule has 3 aliphatic rings. The predicted octanol–water partition coefficient (Wildman–Crippen LogP) is 1.97. The molecule has 2 heterocycles. The summed E-state index contributed by atoms with van der Waals surface area (Å²) in [6, 6.07) is 6.01.